The molecule has 0 aliphatic carbocycles. The van der Waals surface area contributed by atoms with Gasteiger partial charge in [-0.1, -0.05) is 0 Å². The molecule has 0 saturated carbocycles. The van der Waals surface area contributed by atoms with E-state index in [1.54, 1.807) is 40.7 Å². The van der Waals surface area contributed by atoms with Crippen LogP contribution in [-0.4, -0.2) is 19.5 Å². The van der Waals surface area contributed by atoms with Crippen LogP contribution in [-0.2, 0) is 6.54 Å². The van der Waals surface area contributed by atoms with Crippen molar-refractivity contribution < 1.29 is 0 Å². The second kappa shape index (κ2) is 4.30. The third-order valence-corrected chi connectivity index (χ3v) is 3.45. The van der Waals surface area contributed by atoms with Crippen LogP contribution in [0.4, 0.5) is 0 Å². The predicted molar refractivity (Wildman–Crippen MR) is 69.8 cm³/mol. The van der Waals surface area contributed by atoms with E-state index in [9.17, 15) is 4.79 Å². The largest absolute Gasteiger partial charge is 0.293 e. The van der Waals surface area contributed by atoms with E-state index in [1.807, 2.05) is 12.3 Å². The van der Waals surface area contributed by atoms with Crippen LogP contribution < -0.4 is 5.56 Å². The number of hydrogen-bond donors (Lipinski definition) is 0. The minimum atomic E-state index is -0.0620. The van der Waals surface area contributed by atoms with Crippen molar-refractivity contribution >= 4 is 22.2 Å². The average molecular weight is 258 g/mol. The lowest BCUT2D eigenvalue weighted by molar-refractivity contribution is 0.732. The summed E-state index contributed by atoms with van der Waals surface area (Å²) in [5, 5.41) is 3.54. The van der Waals surface area contributed by atoms with Crippen molar-refractivity contribution in [1.29, 1.82) is 0 Å². The molecule has 0 amide bonds. The monoisotopic (exact) mass is 258 g/mol. The fourth-order valence-electron chi connectivity index (χ4n) is 1.78. The summed E-state index contributed by atoms with van der Waals surface area (Å²) >= 11 is 1.58. The molecular weight excluding hydrogens is 248 g/mol. The van der Waals surface area contributed by atoms with Crippen LogP contribution in [0.15, 0.2) is 35.0 Å². The molecule has 0 fully saturated rings. The van der Waals surface area contributed by atoms with Crippen molar-refractivity contribution in [3.63, 3.8) is 0 Å². The van der Waals surface area contributed by atoms with Crippen LogP contribution in [0.25, 0.3) is 10.9 Å². The van der Waals surface area contributed by atoms with Gasteiger partial charge in [0.05, 0.1) is 40.7 Å². The summed E-state index contributed by atoms with van der Waals surface area (Å²) in [5.41, 5.74) is 1.44. The fraction of sp³-hybridized carbons (Fsp3) is 0.167. The van der Waals surface area contributed by atoms with Crippen LogP contribution in [0.5, 0.6) is 0 Å². The van der Waals surface area contributed by atoms with E-state index in [4.69, 9.17) is 0 Å². The second-order valence-corrected chi connectivity index (χ2v) is 4.99. The molecule has 0 aliphatic heterocycles. The number of aromatic nitrogens is 4. The van der Waals surface area contributed by atoms with Gasteiger partial charge in [0.1, 0.15) is 0 Å². The van der Waals surface area contributed by atoms with E-state index in [-0.39, 0.29) is 5.56 Å². The number of pyridine rings is 1. The van der Waals surface area contributed by atoms with Gasteiger partial charge in [-0.05, 0) is 13.0 Å². The van der Waals surface area contributed by atoms with Crippen LogP contribution in [0.1, 0.15) is 10.7 Å². The molecule has 0 unspecified atom stereocenters. The van der Waals surface area contributed by atoms with Crippen molar-refractivity contribution in [3.8, 4) is 0 Å². The zero-order valence-electron chi connectivity index (χ0n) is 9.70. The highest BCUT2D eigenvalue weighted by Crippen LogP contribution is 2.09. The molecule has 0 spiro atoms. The zero-order chi connectivity index (χ0) is 12.5. The predicted octanol–water partition coefficient (Wildman–Crippen LogP) is 1.60. The molecule has 3 rings (SSSR count). The Morgan fingerprint density at radius 3 is 3.11 bits per heavy atom. The molecule has 3 heterocycles. The summed E-state index contributed by atoms with van der Waals surface area (Å²) in [4.78, 5) is 24.7. The molecule has 0 N–H and O–H groups in total. The summed E-state index contributed by atoms with van der Waals surface area (Å²) in [6, 6.07) is 1.69. The number of nitrogens with zero attached hydrogens (tertiary/aromatic N) is 4. The molecule has 0 atom stereocenters. The summed E-state index contributed by atoms with van der Waals surface area (Å²) in [7, 11) is 0. The molecule has 6 heteroatoms. The Morgan fingerprint density at radius 1 is 1.44 bits per heavy atom. The molecular formula is C12H10N4OS. The molecule has 0 radical (unpaired) electrons. The minimum Gasteiger partial charge on any atom is -0.293 e. The molecule has 90 valence electrons. The quantitative estimate of drug-likeness (QED) is 0.700. The summed E-state index contributed by atoms with van der Waals surface area (Å²) in [5.74, 6) is 0. The molecule has 3 aromatic heterocycles. The summed E-state index contributed by atoms with van der Waals surface area (Å²) < 4.78 is 1.57. The van der Waals surface area contributed by atoms with Gasteiger partial charge in [0.25, 0.3) is 5.56 Å². The molecule has 3 aromatic rings. The van der Waals surface area contributed by atoms with Gasteiger partial charge in [-0.2, -0.15) is 0 Å². The lowest BCUT2D eigenvalue weighted by Crippen LogP contribution is -2.21. The first-order valence-electron chi connectivity index (χ1n) is 5.44. The van der Waals surface area contributed by atoms with Gasteiger partial charge in [0.15, 0.2) is 0 Å². The van der Waals surface area contributed by atoms with Gasteiger partial charge < -0.3 is 0 Å². The lowest BCUT2D eigenvalue weighted by Gasteiger charge is -2.03. The van der Waals surface area contributed by atoms with Gasteiger partial charge in [0.2, 0.25) is 0 Å². The van der Waals surface area contributed by atoms with Gasteiger partial charge in [0, 0.05) is 11.6 Å². The molecule has 0 saturated heterocycles. The highest BCUT2D eigenvalue weighted by atomic mass is 32.1. The topological polar surface area (TPSA) is 60.7 Å². The zero-order valence-corrected chi connectivity index (χ0v) is 10.5. The van der Waals surface area contributed by atoms with Gasteiger partial charge in [-0.15, -0.1) is 11.3 Å². The average Bonchev–Trinajstić information content (AvgIpc) is 2.79. The smallest absolute Gasteiger partial charge is 0.261 e. The standard InChI is InChI=1S/C12H10N4OS/c1-8-15-9(6-18-8)5-16-7-14-11-4-13-3-2-10(11)12(16)17/h2-4,6-7H,5H2,1H3. The van der Waals surface area contributed by atoms with E-state index in [0.717, 1.165) is 10.7 Å². The van der Waals surface area contributed by atoms with Gasteiger partial charge in [-0.3, -0.25) is 14.3 Å². The van der Waals surface area contributed by atoms with Gasteiger partial charge >= 0.3 is 0 Å². The van der Waals surface area contributed by atoms with Crippen LogP contribution in [0, 0.1) is 6.92 Å². The Kier molecular flexibility index (Phi) is 2.64. The van der Waals surface area contributed by atoms with E-state index >= 15 is 0 Å². The van der Waals surface area contributed by atoms with Crippen molar-refractivity contribution in [3.05, 3.63) is 51.2 Å². The van der Waals surface area contributed by atoms with Crippen LogP contribution >= 0.6 is 11.3 Å². The summed E-state index contributed by atoms with van der Waals surface area (Å²) in [6.45, 7) is 2.40. The van der Waals surface area contributed by atoms with Crippen molar-refractivity contribution in [1.82, 2.24) is 19.5 Å². The maximum atomic E-state index is 12.2. The van der Waals surface area contributed by atoms with Gasteiger partial charge in [-0.25, -0.2) is 9.97 Å². The Balaban J connectivity index is 2.08. The Labute approximate surface area is 107 Å². The Morgan fingerprint density at radius 2 is 2.33 bits per heavy atom. The first-order valence-corrected chi connectivity index (χ1v) is 6.32. The maximum absolute atomic E-state index is 12.2. The summed E-state index contributed by atoms with van der Waals surface area (Å²) in [6.07, 6.45) is 4.73. The van der Waals surface area contributed by atoms with Crippen LogP contribution in [0.3, 0.4) is 0 Å². The SMILES string of the molecule is Cc1nc(Cn2cnc3cnccc3c2=O)cs1. The van der Waals surface area contributed by atoms with E-state index in [1.165, 1.54) is 0 Å². The highest BCUT2D eigenvalue weighted by molar-refractivity contribution is 7.09. The normalized spacial score (nSPS) is 10.9. The number of hydrogen-bond acceptors (Lipinski definition) is 5. The number of aryl methyl sites for hydroxylation is 1. The number of fused-ring (bicyclic) bond motifs is 1. The fourth-order valence-corrected chi connectivity index (χ4v) is 2.38. The molecule has 18 heavy (non-hydrogen) atoms. The number of rotatable bonds is 2. The molecule has 0 aliphatic rings. The lowest BCUT2D eigenvalue weighted by atomic mass is 10.3. The molecule has 0 aromatic carbocycles. The van der Waals surface area contributed by atoms with E-state index < -0.39 is 0 Å². The first-order chi connectivity index (χ1) is 8.74. The Hall–Kier alpha value is -2.08. The Bertz CT molecular complexity index is 762. The highest BCUT2D eigenvalue weighted by Gasteiger charge is 2.05. The number of thiazole rings is 1. The van der Waals surface area contributed by atoms with E-state index in [2.05, 4.69) is 15.0 Å². The minimum absolute atomic E-state index is 0.0620. The molecule has 0 bridgehead atoms. The van der Waals surface area contributed by atoms with E-state index in [0.29, 0.717) is 17.4 Å². The van der Waals surface area contributed by atoms with Crippen molar-refractivity contribution in [2.45, 2.75) is 13.5 Å². The third-order valence-electron chi connectivity index (χ3n) is 2.63. The van der Waals surface area contributed by atoms with Crippen LogP contribution in [0.2, 0.25) is 0 Å². The first kappa shape index (κ1) is 11.0. The third kappa shape index (κ3) is 1.91. The second-order valence-electron chi connectivity index (χ2n) is 3.93. The van der Waals surface area contributed by atoms with Crippen molar-refractivity contribution in [2.24, 2.45) is 0 Å². The molecule has 5 nitrogen and oxygen atoms in total. The van der Waals surface area contributed by atoms with Crippen molar-refractivity contribution in [2.75, 3.05) is 0 Å². The maximum Gasteiger partial charge on any atom is 0.261 e.